The zero-order chi connectivity index (χ0) is 21.6. The van der Waals surface area contributed by atoms with Crippen LogP contribution in [0.25, 0.3) is 0 Å². The standard InChI is InChI=1S/C20H26N2O6S/c1-14-8-6-7-9-16(14)22(29(5,24)25)13-18(23)21-12-15-10-11-17(26-2)20(28-4)19(15)27-3/h6-11H,12-13H2,1-5H3,(H,21,23). The van der Waals surface area contributed by atoms with Crippen LogP contribution < -0.4 is 23.8 Å². The van der Waals surface area contributed by atoms with Crippen molar-refractivity contribution in [2.24, 2.45) is 0 Å². The first-order chi connectivity index (χ1) is 13.7. The van der Waals surface area contributed by atoms with Gasteiger partial charge in [-0.2, -0.15) is 0 Å². The predicted octanol–water partition coefficient (Wildman–Crippen LogP) is 2.10. The van der Waals surface area contributed by atoms with E-state index in [-0.39, 0.29) is 13.1 Å². The number of carbonyl (C=O) groups is 1. The van der Waals surface area contributed by atoms with Gasteiger partial charge in [-0.1, -0.05) is 18.2 Å². The molecule has 0 atom stereocenters. The predicted molar refractivity (Wildman–Crippen MR) is 111 cm³/mol. The highest BCUT2D eigenvalue weighted by atomic mass is 32.2. The van der Waals surface area contributed by atoms with Crippen LogP contribution in [0.2, 0.25) is 0 Å². The van der Waals surface area contributed by atoms with Gasteiger partial charge in [0.05, 0.1) is 33.3 Å². The third-order valence-corrected chi connectivity index (χ3v) is 5.46. The van der Waals surface area contributed by atoms with Crippen molar-refractivity contribution in [3.05, 3.63) is 47.5 Å². The van der Waals surface area contributed by atoms with E-state index in [0.29, 0.717) is 28.5 Å². The summed E-state index contributed by atoms with van der Waals surface area (Å²) in [6, 6.07) is 10.5. The van der Waals surface area contributed by atoms with Gasteiger partial charge in [0.15, 0.2) is 11.5 Å². The summed E-state index contributed by atoms with van der Waals surface area (Å²) in [5.41, 5.74) is 1.89. The number of hydrogen-bond acceptors (Lipinski definition) is 6. The minimum Gasteiger partial charge on any atom is -0.493 e. The van der Waals surface area contributed by atoms with E-state index < -0.39 is 15.9 Å². The van der Waals surface area contributed by atoms with E-state index in [1.165, 1.54) is 21.3 Å². The second-order valence-corrected chi connectivity index (χ2v) is 8.23. The fraction of sp³-hybridized carbons (Fsp3) is 0.350. The molecule has 1 amide bonds. The molecule has 0 spiro atoms. The molecule has 0 unspecified atom stereocenters. The van der Waals surface area contributed by atoms with Crippen LogP contribution in [0.1, 0.15) is 11.1 Å². The van der Waals surface area contributed by atoms with Crippen molar-refractivity contribution < 1.29 is 27.4 Å². The molecule has 0 radical (unpaired) electrons. The summed E-state index contributed by atoms with van der Waals surface area (Å²) >= 11 is 0. The van der Waals surface area contributed by atoms with Gasteiger partial charge in [0.25, 0.3) is 0 Å². The number of methoxy groups -OCH3 is 3. The Morgan fingerprint density at radius 3 is 2.21 bits per heavy atom. The third-order valence-electron chi connectivity index (χ3n) is 4.33. The van der Waals surface area contributed by atoms with Crippen LogP contribution >= 0.6 is 0 Å². The van der Waals surface area contributed by atoms with Crippen molar-refractivity contribution in [2.45, 2.75) is 13.5 Å². The van der Waals surface area contributed by atoms with Crippen LogP contribution in [-0.4, -0.2) is 48.5 Å². The average Bonchev–Trinajstić information content (AvgIpc) is 2.69. The fourth-order valence-electron chi connectivity index (χ4n) is 2.91. The Morgan fingerprint density at radius 1 is 1.00 bits per heavy atom. The molecule has 2 aromatic carbocycles. The summed E-state index contributed by atoms with van der Waals surface area (Å²) in [4.78, 5) is 12.5. The molecule has 2 rings (SSSR count). The van der Waals surface area contributed by atoms with Crippen LogP contribution in [0.3, 0.4) is 0 Å². The normalized spacial score (nSPS) is 10.9. The summed E-state index contributed by atoms with van der Waals surface area (Å²) < 4.78 is 41.6. The summed E-state index contributed by atoms with van der Waals surface area (Å²) in [6.07, 6.45) is 1.07. The summed E-state index contributed by atoms with van der Waals surface area (Å²) in [7, 11) is 0.865. The zero-order valence-corrected chi connectivity index (χ0v) is 18.0. The average molecular weight is 423 g/mol. The molecule has 0 aliphatic carbocycles. The molecule has 0 fully saturated rings. The Kier molecular flexibility index (Phi) is 7.33. The number of aryl methyl sites for hydroxylation is 1. The number of para-hydroxylation sites is 1. The second kappa shape index (κ2) is 9.51. The van der Waals surface area contributed by atoms with Crippen LogP contribution in [0, 0.1) is 6.92 Å². The highest BCUT2D eigenvalue weighted by Gasteiger charge is 2.22. The van der Waals surface area contributed by atoms with Gasteiger partial charge in [-0.3, -0.25) is 9.10 Å². The molecular formula is C20H26N2O6S. The van der Waals surface area contributed by atoms with Gasteiger partial charge >= 0.3 is 0 Å². The van der Waals surface area contributed by atoms with Crippen molar-refractivity contribution in [2.75, 3.05) is 38.4 Å². The van der Waals surface area contributed by atoms with Crippen molar-refractivity contribution in [3.8, 4) is 17.2 Å². The summed E-state index contributed by atoms with van der Waals surface area (Å²) in [5.74, 6) is 0.906. The van der Waals surface area contributed by atoms with E-state index in [1.807, 2.05) is 6.07 Å². The van der Waals surface area contributed by atoms with Gasteiger partial charge in [-0.25, -0.2) is 8.42 Å². The number of sulfonamides is 1. The van der Waals surface area contributed by atoms with Gasteiger partial charge in [0.1, 0.15) is 6.54 Å². The van der Waals surface area contributed by atoms with Gasteiger partial charge in [-0.05, 0) is 30.7 Å². The molecule has 0 aliphatic heterocycles. The molecule has 9 heteroatoms. The Hall–Kier alpha value is -2.94. The third kappa shape index (κ3) is 5.32. The molecule has 0 aromatic heterocycles. The van der Waals surface area contributed by atoms with Gasteiger partial charge in [-0.15, -0.1) is 0 Å². The molecule has 0 heterocycles. The summed E-state index contributed by atoms with van der Waals surface area (Å²) in [5, 5.41) is 2.73. The number of carbonyl (C=O) groups excluding carboxylic acids is 1. The number of amides is 1. The number of nitrogens with one attached hydrogen (secondary N) is 1. The topological polar surface area (TPSA) is 94.2 Å². The van der Waals surface area contributed by atoms with E-state index in [4.69, 9.17) is 14.2 Å². The maximum atomic E-state index is 12.5. The van der Waals surface area contributed by atoms with Crippen LogP contribution in [0.5, 0.6) is 17.2 Å². The molecule has 158 valence electrons. The van der Waals surface area contributed by atoms with Crippen molar-refractivity contribution >= 4 is 21.6 Å². The van der Waals surface area contributed by atoms with E-state index in [9.17, 15) is 13.2 Å². The molecule has 2 aromatic rings. The number of rotatable bonds is 9. The molecule has 0 saturated carbocycles. The first kappa shape index (κ1) is 22.4. The van der Waals surface area contributed by atoms with E-state index in [1.54, 1.807) is 37.3 Å². The first-order valence-corrected chi connectivity index (χ1v) is 10.7. The molecule has 8 nitrogen and oxygen atoms in total. The van der Waals surface area contributed by atoms with E-state index in [0.717, 1.165) is 16.1 Å². The lowest BCUT2D eigenvalue weighted by Crippen LogP contribution is -2.40. The summed E-state index contributed by atoms with van der Waals surface area (Å²) in [6.45, 7) is 1.59. The quantitative estimate of drug-likeness (QED) is 0.665. The van der Waals surface area contributed by atoms with Crippen LogP contribution in [0.15, 0.2) is 36.4 Å². The van der Waals surface area contributed by atoms with Gasteiger partial charge < -0.3 is 19.5 Å². The van der Waals surface area contributed by atoms with Gasteiger partial charge in [0, 0.05) is 12.1 Å². The number of nitrogens with zero attached hydrogens (tertiary/aromatic N) is 1. The molecule has 0 saturated heterocycles. The minimum absolute atomic E-state index is 0.133. The largest absolute Gasteiger partial charge is 0.493 e. The minimum atomic E-state index is -3.64. The molecule has 29 heavy (non-hydrogen) atoms. The lowest BCUT2D eigenvalue weighted by molar-refractivity contribution is -0.119. The van der Waals surface area contributed by atoms with E-state index >= 15 is 0 Å². The van der Waals surface area contributed by atoms with Gasteiger partial charge in [0.2, 0.25) is 21.7 Å². The zero-order valence-electron chi connectivity index (χ0n) is 17.2. The maximum absolute atomic E-state index is 12.5. The lowest BCUT2D eigenvalue weighted by atomic mass is 10.1. The van der Waals surface area contributed by atoms with Crippen LogP contribution in [0.4, 0.5) is 5.69 Å². The second-order valence-electron chi connectivity index (χ2n) is 6.33. The van der Waals surface area contributed by atoms with Crippen LogP contribution in [-0.2, 0) is 21.4 Å². The number of hydrogen-bond donors (Lipinski definition) is 1. The van der Waals surface area contributed by atoms with E-state index in [2.05, 4.69) is 5.32 Å². The Labute approximate surface area is 171 Å². The Balaban J connectivity index is 2.19. The highest BCUT2D eigenvalue weighted by molar-refractivity contribution is 7.92. The molecular weight excluding hydrogens is 396 g/mol. The Morgan fingerprint density at radius 2 is 1.66 bits per heavy atom. The molecule has 1 N–H and O–H groups in total. The smallest absolute Gasteiger partial charge is 0.241 e. The highest BCUT2D eigenvalue weighted by Crippen LogP contribution is 2.39. The number of ether oxygens (including phenoxy) is 3. The fourth-order valence-corrected chi connectivity index (χ4v) is 3.82. The van der Waals surface area contributed by atoms with Crippen molar-refractivity contribution in [3.63, 3.8) is 0 Å². The van der Waals surface area contributed by atoms with Crippen molar-refractivity contribution in [1.29, 1.82) is 0 Å². The maximum Gasteiger partial charge on any atom is 0.241 e. The lowest BCUT2D eigenvalue weighted by Gasteiger charge is -2.23. The molecule has 0 aliphatic rings. The number of benzene rings is 2. The number of anilines is 1. The molecule has 0 bridgehead atoms. The SMILES string of the molecule is COc1ccc(CNC(=O)CN(c2ccccc2C)S(C)(=O)=O)c(OC)c1OC. The Bertz CT molecular complexity index is 975. The first-order valence-electron chi connectivity index (χ1n) is 8.80. The van der Waals surface area contributed by atoms with Crippen molar-refractivity contribution in [1.82, 2.24) is 5.32 Å². The monoisotopic (exact) mass is 422 g/mol.